The lowest BCUT2D eigenvalue weighted by molar-refractivity contribution is -0.127. The molecule has 2 aromatic rings. The minimum absolute atomic E-state index is 0.232. The SMILES string of the molecule is Cc1ccc(S(=O)(=O)N2CCN(C(=O)/C=C/c3ccccc3F)CC2)cc1. The van der Waals surface area contributed by atoms with Crippen LogP contribution < -0.4 is 0 Å². The summed E-state index contributed by atoms with van der Waals surface area (Å²) < 4.78 is 40.4. The number of hydrogen-bond donors (Lipinski definition) is 0. The van der Waals surface area contributed by atoms with Gasteiger partial charge in [-0.05, 0) is 31.2 Å². The van der Waals surface area contributed by atoms with Crippen molar-refractivity contribution in [2.75, 3.05) is 26.2 Å². The van der Waals surface area contributed by atoms with Crippen LogP contribution >= 0.6 is 0 Å². The van der Waals surface area contributed by atoms with E-state index in [0.717, 1.165) is 5.56 Å². The van der Waals surface area contributed by atoms with Crippen molar-refractivity contribution in [2.24, 2.45) is 0 Å². The zero-order valence-electron chi connectivity index (χ0n) is 15.0. The van der Waals surface area contributed by atoms with E-state index in [2.05, 4.69) is 0 Å². The predicted molar refractivity (Wildman–Crippen MR) is 102 cm³/mol. The quantitative estimate of drug-likeness (QED) is 0.757. The Morgan fingerprint density at radius 3 is 2.26 bits per heavy atom. The Balaban J connectivity index is 1.62. The first kappa shape index (κ1) is 19.3. The van der Waals surface area contributed by atoms with Gasteiger partial charge in [0.1, 0.15) is 5.82 Å². The summed E-state index contributed by atoms with van der Waals surface area (Å²) in [5.41, 5.74) is 1.33. The van der Waals surface area contributed by atoms with Crippen molar-refractivity contribution in [3.05, 3.63) is 71.6 Å². The van der Waals surface area contributed by atoms with Crippen LogP contribution in [0.1, 0.15) is 11.1 Å². The van der Waals surface area contributed by atoms with Crippen LogP contribution in [0.2, 0.25) is 0 Å². The molecule has 2 aromatic carbocycles. The highest BCUT2D eigenvalue weighted by Crippen LogP contribution is 2.18. The standard InChI is InChI=1S/C20H21FN2O3S/c1-16-6-9-18(10-7-16)27(25,26)23-14-12-22(13-15-23)20(24)11-8-17-4-2-3-5-19(17)21/h2-11H,12-15H2,1H3/b11-8+. The highest BCUT2D eigenvalue weighted by molar-refractivity contribution is 7.89. The van der Waals surface area contributed by atoms with E-state index < -0.39 is 15.8 Å². The number of aryl methyl sites for hydroxylation is 1. The summed E-state index contributed by atoms with van der Waals surface area (Å²) in [6, 6.07) is 12.9. The van der Waals surface area contributed by atoms with Crippen LogP contribution in [0, 0.1) is 12.7 Å². The Labute approximate surface area is 158 Å². The van der Waals surface area contributed by atoms with Crippen LogP contribution in [0.5, 0.6) is 0 Å². The third-order valence-corrected chi connectivity index (χ3v) is 6.43. The molecule has 0 N–H and O–H groups in total. The number of hydrogen-bond acceptors (Lipinski definition) is 3. The molecule has 1 aliphatic rings. The van der Waals surface area contributed by atoms with E-state index in [-0.39, 0.29) is 23.9 Å². The van der Waals surface area contributed by atoms with E-state index in [9.17, 15) is 17.6 Å². The summed E-state index contributed by atoms with van der Waals surface area (Å²) in [5, 5.41) is 0. The van der Waals surface area contributed by atoms with Gasteiger partial charge in [0.15, 0.2) is 0 Å². The van der Waals surface area contributed by atoms with E-state index in [1.165, 1.54) is 22.5 Å². The monoisotopic (exact) mass is 388 g/mol. The van der Waals surface area contributed by atoms with Crippen molar-refractivity contribution < 1.29 is 17.6 Å². The number of sulfonamides is 1. The predicted octanol–water partition coefficient (Wildman–Crippen LogP) is 2.68. The van der Waals surface area contributed by atoms with Gasteiger partial charge in [-0.25, -0.2) is 12.8 Å². The summed E-state index contributed by atoms with van der Waals surface area (Å²) in [4.78, 5) is 14.1. The number of halogens is 1. The van der Waals surface area contributed by atoms with Gasteiger partial charge in [-0.15, -0.1) is 0 Å². The fourth-order valence-corrected chi connectivity index (χ4v) is 4.31. The molecule has 0 aliphatic carbocycles. The fourth-order valence-electron chi connectivity index (χ4n) is 2.88. The highest BCUT2D eigenvalue weighted by atomic mass is 32.2. The molecule has 7 heteroatoms. The molecule has 3 rings (SSSR count). The molecule has 0 radical (unpaired) electrons. The van der Waals surface area contributed by atoms with E-state index in [1.807, 2.05) is 6.92 Å². The van der Waals surface area contributed by atoms with Gasteiger partial charge in [-0.2, -0.15) is 4.31 Å². The second-order valence-electron chi connectivity index (χ2n) is 6.40. The molecule has 5 nitrogen and oxygen atoms in total. The first-order valence-corrected chi connectivity index (χ1v) is 10.1. The largest absolute Gasteiger partial charge is 0.337 e. The topological polar surface area (TPSA) is 57.7 Å². The zero-order chi connectivity index (χ0) is 19.4. The molecule has 27 heavy (non-hydrogen) atoms. The average Bonchev–Trinajstić information content (AvgIpc) is 2.67. The summed E-state index contributed by atoms with van der Waals surface area (Å²) in [6.07, 6.45) is 2.76. The summed E-state index contributed by atoms with van der Waals surface area (Å²) >= 11 is 0. The number of piperazine rings is 1. The number of carbonyl (C=O) groups excluding carboxylic acids is 1. The van der Waals surface area contributed by atoms with Crippen molar-refractivity contribution >= 4 is 22.0 Å². The average molecular weight is 388 g/mol. The Bertz CT molecular complexity index is 947. The van der Waals surface area contributed by atoms with Crippen molar-refractivity contribution in [2.45, 2.75) is 11.8 Å². The molecule has 1 amide bonds. The van der Waals surface area contributed by atoms with Crippen LogP contribution in [0.25, 0.3) is 6.08 Å². The fraction of sp³-hybridized carbons (Fsp3) is 0.250. The number of benzene rings is 2. The third kappa shape index (κ3) is 4.43. The highest BCUT2D eigenvalue weighted by Gasteiger charge is 2.29. The lowest BCUT2D eigenvalue weighted by atomic mass is 10.2. The van der Waals surface area contributed by atoms with Crippen LogP contribution in [0.3, 0.4) is 0 Å². The molecule has 1 heterocycles. The summed E-state index contributed by atoms with van der Waals surface area (Å²) in [6.45, 7) is 2.96. The van der Waals surface area contributed by atoms with Gasteiger partial charge >= 0.3 is 0 Å². The first-order valence-electron chi connectivity index (χ1n) is 8.66. The molecule has 0 saturated carbocycles. The van der Waals surface area contributed by atoms with Gasteiger partial charge in [-0.3, -0.25) is 4.79 Å². The van der Waals surface area contributed by atoms with Crippen LogP contribution in [-0.4, -0.2) is 49.7 Å². The van der Waals surface area contributed by atoms with Gasteiger partial charge in [0, 0.05) is 37.8 Å². The minimum atomic E-state index is -3.56. The maximum atomic E-state index is 13.6. The van der Waals surface area contributed by atoms with Gasteiger partial charge in [0.05, 0.1) is 4.90 Å². The first-order chi connectivity index (χ1) is 12.9. The van der Waals surface area contributed by atoms with Gasteiger partial charge in [0.2, 0.25) is 15.9 Å². The van der Waals surface area contributed by atoms with Gasteiger partial charge in [0.25, 0.3) is 0 Å². The Morgan fingerprint density at radius 2 is 1.63 bits per heavy atom. The molecule has 142 valence electrons. The lowest BCUT2D eigenvalue weighted by Crippen LogP contribution is -2.50. The minimum Gasteiger partial charge on any atom is -0.337 e. The number of carbonyl (C=O) groups is 1. The van der Waals surface area contributed by atoms with Crippen molar-refractivity contribution in [1.29, 1.82) is 0 Å². The summed E-state index contributed by atoms with van der Waals surface area (Å²) in [5.74, 6) is -0.652. The molecule has 1 fully saturated rings. The molecule has 0 unspecified atom stereocenters. The van der Waals surface area contributed by atoms with E-state index in [0.29, 0.717) is 18.7 Å². The van der Waals surface area contributed by atoms with Crippen molar-refractivity contribution in [3.8, 4) is 0 Å². The number of rotatable bonds is 4. The normalized spacial score (nSPS) is 16.0. The zero-order valence-corrected chi connectivity index (χ0v) is 15.8. The van der Waals surface area contributed by atoms with Crippen LogP contribution in [0.15, 0.2) is 59.5 Å². The molecule has 1 saturated heterocycles. The molecule has 0 atom stereocenters. The molecule has 0 bridgehead atoms. The van der Waals surface area contributed by atoms with Crippen molar-refractivity contribution in [3.63, 3.8) is 0 Å². The van der Waals surface area contributed by atoms with Gasteiger partial charge in [-0.1, -0.05) is 35.9 Å². The van der Waals surface area contributed by atoms with E-state index in [1.54, 1.807) is 47.4 Å². The van der Waals surface area contributed by atoms with Crippen LogP contribution in [0.4, 0.5) is 4.39 Å². The van der Waals surface area contributed by atoms with Crippen LogP contribution in [-0.2, 0) is 14.8 Å². The Kier molecular flexibility index (Phi) is 5.72. The van der Waals surface area contributed by atoms with Gasteiger partial charge < -0.3 is 4.90 Å². The van der Waals surface area contributed by atoms with Crippen molar-refractivity contribution in [1.82, 2.24) is 9.21 Å². The smallest absolute Gasteiger partial charge is 0.246 e. The second-order valence-corrected chi connectivity index (χ2v) is 8.34. The molecule has 0 aromatic heterocycles. The maximum absolute atomic E-state index is 13.6. The van der Waals surface area contributed by atoms with E-state index in [4.69, 9.17) is 0 Å². The second kappa shape index (κ2) is 8.02. The third-order valence-electron chi connectivity index (χ3n) is 4.52. The van der Waals surface area contributed by atoms with E-state index >= 15 is 0 Å². The Hall–Kier alpha value is -2.51. The lowest BCUT2D eigenvalue weighted by Gasteiger charge is -2.33. The summed E-state index contributed by atoms with van der Waals surface area (Å²) in [7, 11) is -3.56. The molecular weight excluding hydrogens is 367 g/mol. The molecule has 0 spiro atoms. The Morgan fingerprint density at radius 1 is 1.00 bits per heavy atom. The number of nitrogens with zero attached hydrogens (tertiary/aromatic N) is 2. The number of amides is 1. The maximum Gasteiger partial charge on any atom is 0.246 e. The molecular formula is C20H21FN2O3S. The molecule has 1 aliphatic heterocycles.